The number of rotatable bonds is 4. The Morgan fingerprint density at radius 2 is 1.86 bits per heavy atom. The van der Waals surface area contributed by atoms with Crippen LogP contribution >= 0.6 is 0 Å². The quantitative estimate of drug-likeness (QED) is 0.938. The van der Waals surface area contributed by atoms with E-state index in [4.69, 9.17) is 9.47 Å². The highest BCUT2D eigenvalue weighted by Crippen LogP contribution is 2.28. The lowest BCUT2D eigenvalue weighted by molar-refractivity contribution is -0.0442. The van der Waals surface area contributed by atoms with Gasteiger partial charge >= 0.3 is 0 Å². The zero-order valence-corrected chi connectivity index (χ0v) is 11.7. The average molecular weight is 287 g/mol. The monoisotopic (exact) mass is 287 g/mol. The van der Waals surface area contributed by atoms with Gasteiger partial charge in [0.05, 0.1) is 6.61 Å². The van der Waals surface area contributed by atoms with E-state index < -0.39 is 0 Å². The Balaban J connectivity index is 1.87. The Bertz CT molecular complexity index is 570. The maximum Gasteiger partial charge on any atom is 0.165 e. The summed E-state index contributed by atoms with van der Waals surface area (Å²) in [5.74, 6) is -0.109. The molecule has 4 heteroatoms. The lowest BCUT2D eigenvalue weighted by Gasteiger charge is -2.31. The molecule has 0 bridgehead atoms. The minimum absolute atomic E-state index is 0.138. The number of nitrogens with one attached hydrogen (secondary N) is 1. The molecule has 1 aliphatic heterocycles. The van der Waals surface area contributed by atoms with E-state index in [9.17, 15) is 4.39 Å². The van der Waals surface area contributed by atoms with E-state index >= 15 is 0 Å². The van der Waals surface area contributed by atoms with Crippen LogP contribution in [0.25, 0.3) is 0 Å². The van der Waals surface area contributed by atoms with Crippen LogP contribution in [-0.2, 0) is 4.74 Å². The highest BCUT2D eigenvalue weighted by molar-refractivity contribution is 5.27. The second-order valence-electron chi connectivity index (χ2n) is 4.99. The number of ether oxygens (including phenoxy) is 2. The van der Waals surface area contributed by atoms with Gasteiger partial charge < -0.3 is 14.8 Å². The molecule has 0 radical (unpaired) electrons. The van der Waals surface area contributed by atoms with E-state index in [0.29, 0.717) is 13.2 Å². The largest absolute Gasteiger partial charge is 0.480 e. The van der Waals surface area contributed by atoms with Gasteiger partial charge in [0.15, 0.2) is 17.7 Å². The van der Waals surface area contributed by atoms with Crippen molar-refractivity contribution in [2.24, 2.45) is 0 Å². The highest BCUT2D eigenvalue weighted by atomic mass is 19.1. The maximum atomic E-state index is 13.9. The van der Waals surface area contributed by atoms with E-state index in [1.54, 1.807) is 18.2 Å². The minimum atomic E-state index is -0.359. The van der Waals surface area contributed by atoms with Crippen LogP contribution in [0.15, 0.2) is 54.6 Å². The summed E-state index contributed by atoms with van der Waals surface area (Å²) >= 11 is 0. The fourth-order valence-corrected chi connectivity index (χ4v) is 2.46. The SMILES string of the molecule is Fc1ccccc1O[C@H](c1ccccc1)C1CNCCO1. The Hall–Kier alpha value is -1.91. The molecule has 0 saturated carbocycles. The molecule has 1 unspecified atom stereocenters. The van der Waals surface area contributed by atoms with Crippen LogP contribution in [0.2, 0.25) is 0 Å². The third-order valence-corrected chi connectivity index (χ3v) is 3.51. The normalized spacial score (nSPS) is 20.0. The average Bonchev–Trinajstić information content (AvgIpc) is 2.56. The fourth-order valence-electron chi connectivity index (χ4n) is 2.46. The first-order chi connectivity index (χ1) is 10.3. The molecule has 1 N–H and O–H groups in total. The van der Waals surface area contributed by atoms with Crippen LogP contribution in [0.3, 0.4) is 0 Å². The second-order valence-corrected chi connectivity index (χ2v) is 4.99. The summed E-state index contributed by atoms with van der Waals surface area (Å²) in [5, 5.41) is 3.29. The van der Waals surface area contributed by atoms with Crippen molar-refractivity contribution in [3.05, 3.63) is 66.0 Å². The smallest absolute Gasteiger partial charge is 0.165 e. The third kappa shape index (κ3) is 3.40. The van der Waals surface area contributed by atoms with Gasteiger partial charge in [0.1, 0.15) is 6.10 Å². The molecule has 2 aromatic carbocycles. The van der Waals surface area contributed by atoms with Crippen molar-refractivity contribution in [1.82, 2.24) is 5.32 Å². The number of halogens is 1. The van der Waals surface area contributed by atoms with Crippen LogP contribution in [-0.4, -0.2) is 25.8 Å². The highest BCUT2D eigenvalue weighted by Gasteiger charge is 2.28. The Morgan fingerprint density at radius 1 is 1.10 bits per heavy atom. The van der Waals surface area contributed by atoms with E-state index in [1.807, 2.05) is 30.3 Å². The molecule has 1 aliphatic rings. The van der Waals surface area contributed by atoms with Gasteiger partial charge in [-0.25, -0.2) is 4.39 Å². The zero-order valence-electron chi connectivity index (χ0n) is 11.7. The van der Waals surface area contributed by atoms with E-state index in [-0.39, 0.29) is 23.8 Å². The molecule has 0 spiro atoms. The predicted molar refractivity (Wildman–Crippen MR) is 78.8 cm³/mol. The summed E-state index contributed by atoms with van der Waals surface area (Å²) in [4.78, 5) is 0. The van der Waals surface area contributed by atoms with Gasteiger partial charge in [-0.15, -0.1) is 0 Å². The molecule has 3 rings (SSSR count). The van der Waals surface area contributed by atoms with Crippen molar-refractivity contribution in [3.63, 3.8) is 0 Å². The number of benzene rings is 2. The first kappa shape index (κ1) is 14.0. The van der Waals surface area contributed by atoms with E-state index in [2.05, 4.69) is 5.32 Å². The van der Waals surface area contributed by atoms with Crippen molar-refractivity contribution >= 4 is 0 Å². The van der Waals surface area contributed by atoms with Gasteiger partial charge in [0.2, 0.25) is 0 Å². The maximum absolute atomic E-state index is 13.9. The summed E-state index contributed by atoms with van der Waals surface area (Å²) in [6.07, 6.45) is -0.475. The first-order valence-electron chi connectivity index (χ1n) is 7.13. The van der Waals surface area contributed by atoms with Gasteiger partial charge in [-0.1, -0.05) is 42.5 Å². The molecule has 0 aliphatic carbocycles. The molecule has 21 heavy (non-hydrogen) atoms. The lowest BCUT2D eigenvalue weighted by Crippen LogP contribution is -2.43. The number of morpholine rings is 1. The van der Waals surface area contributed by atoms with Gasteiger partial charge in [-0.3, -0.25) is 0 Å². The summed E-state index contributed by atoms with van der Waals surface area (Å²) in [5.41, 5.74) is 0.981. The van der Waals surface area contributed by atoms with Crippen molar-refractivity contribution in [2.45, 2.75) is 12.2 Å². The lowest BCUT2D eigenvalue weighted by atomic mass is 10.0. The number of para-hydroxylation sites is 1. The Kier molecular flexibility index (Phi) is 4.48. The number of hydrogen-bond donors (Lipinski definition) is 1. The van der Waals surface area contributed by atoms with Crippen molar-refractivity contribution < 1.29 is 13.9 Å². The second kappa shape index (κ2) is 6.70. The fraction of sp³-hybridized carbons (Fsp3) is 0.294. The topological polar surface area (TPSA) is 30.5 Å². The van der Waals surface area contributed by atoms with Crippen molar-refractivity contribution in [3.8, 4) is 5.75 Å². The van der Waals surface area contributed by atoms with Crippen LogP contribution in [0, 0.1) is 5.82 Å². The molecule has 1 saturated heterocycles. The molecular formula is C17H18FNO2. The third-order valence-electron chi connectivity index (χ3n) is 3.51. The Morgan fingerprint density at radius 3 is 2.57 bits per heavy atom. The summed E-state index contributed by atoms with van der Waals surface area (Å²) in [6.45, 7) is 2.15. The molecule has 1 fully saturated rings. The molecule has 2 atom stereocenters. The minimum Gasteiger partial charge on any atom is -0.480 e. The first-order valence-corrected chi connectivity index (χ1v) is 7.13. The molecule has 0 aromatic heterocycles. The standard InChI is InChI=1S/C17H18FNO2/c18-14-8-4-5-9-15(14)21-17(13-6-2-1-3-7-13)16-12-19-10-11-20-16/h1-9,16-17,19H,10-12H2/t16?,17-/m1/s1. The van der Waals surface area contributed by atoms with Crippen LogP contribution in [0.1, 0.15) is 11.7 Å². The van der Waals surface area contributed by atoms with E-state index in [1.165, 1.54) is 6.07 Å². The summed E-state index contributed by atoms with van der Waals surface area (Å²) in [6, 6.07) is 16.3. The van der Waals surface area contributed by atoms with Gasteiger partial charge in [-0.05, 0) is 17.7 Å². The molecule has 3 nitrogen and oxygen atoms in total. The van der Waals surface area contributed by atoms with Crippen LogP contribution in [0.5, 0.6) is 5.75 Å². The van der Waals surface area contributed by atoms with Gasteiger partial charge in [0.25, 0.3) is 0 Å². The predicted octanol–water partition coefficient (Wildman–Crippen LogP) is 2.93. The van der Waals surface area contributed by atoms with Gasteiger partial charge in [-0.2, -0.15) is 0 Å². The van der Waals surface area contributed by atoms with Crippen LogP contribution in [0.4, 0.5) is 4.39 Å². The van der Waals surface area contributed by atoms with E-state index in [0.717, 1.165) is 12.1 Å². The molecule has 1 heterocycles. The van der Waals surface area contributed by atoms with Crippen molar-refractivity contribution in [2.75, 3.05) is 19.7 Å². The summed E-state index contributed by atoms with van der Waals surface area (Å²) in [7, 11) is 0. The van der Waals surface area contributed by atoms with Crippen LogP contribution < -0.4 is 10.1 Å². The number of hydrogen-bond acceptors (Lipinski definition) is 3. The Labute approximate surface area is 123 Å². The zero-order chi connectivity index (χ0) is 14.5. The molecule has 110 valence electrons. The molecule has 2 aromatic rings. The molecule has 0 amide bonds. The van der Waals surface area contributed by atoms with Crippen molar-refractivity contribution in [1.29, 1.82) is 0 Å². The summed E-state index contributed by atoms with van der Waals surface area (Å²) < 4.78 is 25.6. The molecular weight excluding hydrogens is 269 g/mol. The van der Waals surface area contributed by atoms with Gasteiger partial charge in [0, 0.05) is 13.1 Å².